The average Bonchev–Trinajstić information content (AvgIpc) is 3.41. The van der Waals surface area contributed by atoms with Gasteiger partial charge in [-0.1, -0.05) is 18.2 Å². The monoisotopic (exact) mass is 509 g/mol. The smallest absolute Gasteiger partial charge is 0.228 e. The molecule has 0 spiro atoms. The molecule has 8 heteroatoms. The summed E-state index contributed by atoms with van der Waals surface area (Å²) in [5.41, 5.74) is 4.83. The molecule has 194 valence electrons. The van der Waals surface area contributed by atoms with E-state index in [4.69, 9.17) is 9.47 Å². The predicted molar refractivity (Wildman–Crippen MR) is 147 cm³/mol. The lowest BCUT2D eigenvalue weighted by Gasteiger charge is -2.36. The Morgan fingerprint density at radius 3 is 2.74 bits per heavy atom. The van der Waals surface area contributed by atoms with Crippen molar-refractivity contribution in [3.8, 4) is 0 Å². The number of nitrogens with zero attached hydrogens (tertiary/aromatic N) is 4. The number of aromatic amines is 1. The number of piperidine rings is 1. The van der Waals surface area contributed by atoms with Crippen LogP contribution in [-0.2, 0) is 9.47 Å². The lowest BCUT2D eigenvalue weighted by atomic mass is 10.0. The van der Waals surface area contributed by atoms with Gasteiger partial charge in [0.05, 0.1) is 11.0 Å². The van der Waals surface area contributed by atoms with Gasteiger partial charge in [0.25, 0.3) is 0 Å². The molecule has 2 aliphatic heterocycles. The van der Waals surface area contributed by atoms with E-state index in [1.165, 1.54) is 6.26 Å². The molecule has 1 N–H and O–H groups in total. The van der Waals surface area contributed by atoms with Crippen molar-refractivity contribution in [3.63, 3.8) is 0 Å². The lowest BCUT2D eigenvalue weighted by Crippen LogP contribution is -2.41. The number of H-pyrrole nitrogens is 1. The summed E-state index contributed by atoms with van der Waals surface area (Å²) in [5.74, 6) is 1.21. The fraction of sp³-hybridized carbons (Fsp3) is 0.300. The summed E-state index contributed by atoms with van der Waals surface area (Å²) in [6, 6.07) is 10.2. The van der Waals surface area contributed by atoms with Gasteiger partial charge >= 0.3 is 0 Å². The van der Waals surface area contributed by atoms with Crippen LogP contribution in [0.4, 0.5) is 5.69 Å². The summed E-state index contributed by atoms with van der Waals surface area (Å²) in [4.78, 5) is 30.3. The van der Waals surface area contributed by atoms with Crippen molar-refractivity contribution in [2.75, 3.05) is 32.1 Å². The van der Waals surface area contributed by atoms with Gasteiger partial charge in [0.1, 0.15) is 18.2 Å². The highest BCUT2D eigenvalue weighted by Gasteiger charge is 2.23. The number of allylic oxidation sites excluding steroid dienone is 4. The second-order valence-corrected chi connectivity index (χ2v) is 10.1. The molecule has 0 atom stereocenters. The van der Waals surface area contributed by atoms with E-state index >= 15 is 0 Å². The number of nitrogens with one attached hydrogen (secondary N) is 1. The van der Waals surface area contributed by atoms with Gasteiger partial charge in [-0.25, -0.2) is 4.98 Å². The zero-order chi connectivity index (χ0) is 26.1. The largest absolute Gasteiger partial charge is 0.465 e. The van der Waals surface area contributed by atoms with Gasteiger partial charge in [-0.15, -0.1) is 0 Å². The van der Waals surface area contributed by atoms with Crippen molar-refractivity contribution in [2.45, 2.75) is 31.7 Å². The average molecular weight is 510 g/mol. The Bertz CT molecular complexity index is 1490. The standard InChI is InChI=1S/C30H31N5O3/c1-34(2)22-11-14-35(15-12-22)23-8-9-24-25(17-23)33-30(32-24)29(36)21-10-13-31-26(16-21)28-19-37-18-27(38-28)20-6-4-3-5-7-20/h3-4,6,8-10,13,16-19,22H,5,7,11-12,14-15H2,1-2H3,(H,32,33). The van der Waals surface area contributed by atoms with Gasteiger partial charge in [0.2, 0.25) is 5.78 Å². The van der Waals surface area contributed by atoms with E-state index in [2.05, 4.69) is 57.1 Å². The van der Waals surface area contributed by atoms with Crippen LogP contribution in [0.2, 0.25) is 0 Å². The number of hydrogen-bond donors (Lipinski definition) is 1. The minimum Gasteiger partial charge on any atom is -0.465 e. The van der Waals surface area contributed by atoms with Crippen LogP contribution in [-0.4, -0.2) is 58.9 Å². The number of carbonyl (C=O) groups is 1. The molecule has 8 nitrogen and oxygen atoms in total. The van der Waals surface area contributed by atoms with Crippen LogP contribution in [0.15, 0.2) is 78.6 Å². The number of aromatic nitrogens is 3. The van der Waals surface area contributed by atoms with E-state index in [0.717, 1.165) is 61.1 Å². The summed E-state index contributed by atoms with van der Waals surface area (Å²) < 4.78 is 11.6. The third-order valence-electron chi connectivity index (χ3n) is 7.42. The van der Waals surface area contributed by atoms with Crippen LogP contribution >= 0.6 is 0 Å². The van der Waals surface area contributed by atoms with Crippen LogP contribution in [0.5, 0.6) is 0 Å². The SMILES string of the molecule is CN(C)C1CCN(c2ccc3nc(C(=O)c4ccnc(C5=COC=C(C6=CC=CCC6)O5)c4)[nH]c3c2)CC1. The van der Waals surface area contributed by atoms with Crippen LogP contribution in [0, 0.1) is 0 Å². The third-order valence-corrected chi connectivity index (χ3v) is 7.42. The molecule has 1 saturated heterocycles. The second kappa shape index (κ2) is 10.3. The number of imidazole rings is 1. The Labute approximate surface area is 222 Å². The fourth-order valence-electron chi connectivity index (χ4n) is 5.17. The highest BCUT2D eigenvalue weighted by Crippen LogP contribution is 2.30. The Morgan fingerprint density at radius 1 is 1.11 bits per heavy atom. The number of benzene rings is 1. The first kappa shape index (κ1) is 24.2. The molecule has 0 unspecified atom stereocenters. The molecule has 4 heterocycles. The number of ether oxygens (including phenoxy) is 2. The van der Waals surface area contributed by atoms with Crippen molar-refractivity contribution in [1.29, 1.82) is 0 Å². The number of rotatable bonds is 6. The highest BCUT2D eigenvalue weighted by atomic mass is 16.5. The van der Waals surface area contributed by atoms with E-state index in [0.29, 0.717) is 34.6 Å². The summed E-state index contributed by atoms with van der Waals surface area (Å²) >= 11 is 0. The first-order chi connectivity index (χ1) is 18.5. The first-order valence-corrected chi connectivity index (χ1v) is 13.1. The minimum absolute atomic E-state index is 0.202. The summed E-state index contributed by atoms with van der Waals surface area (Å²) in [6.45, 7) is 2.03. The molecular formula is C30H31N5O3. The third kappa shape index (κ3) is 4.87. The van der Waals surface area contributed by atoms with Gasteiger partial charge in [-0.2, -0.15) is 0 Å². The Kier molecular flexibility index (Phi) is 6.55. The maximum absolute atomic E-state index is 13.4. The molecule has 0 saturated carbocycles. The quantitative estimate of drug-likeness (QED) is 0.458. The predicted octanol–water partition coefficient (Wildman–Crippen LogP) is 5.18. The molecule has 0 amide bonds. The van der Waals surface area contributed by atoms with Crippen LogP contribution in [0.1, 0.15) is 47.6 Å². The Balaban J connectivity index is 1.19. The van der Waals surface area contributed by atoms with E-state index in [-0.39, 0.29) is 5.78 Å². The van der Waals surface area contributed by atoms with Gasteiger partial charge in [0.15, 0.2) is 17.3 Å². The molecule has 6 rings (SSSR count). The number of carbonyl (C=O) groups excluding carboxylic acids is 1. The van der Waals surface area contributed by atoms with Gasteiger partial charge in [0, 0.05) is 36.6 Å². The van der Waals surface area contributed by atoms with Crippen LogP contribution in [0.25, 0.3) is 16.8 Å². The zero-order valence-corrected chi connectivity index (χ0v) is 21.7. The fourth-order valence-corrected chi connectivity index (χ4v) is 5.17. The highest BCUT2D eigenvalue weighted by molar-refractivity contribution is 6.08. The molecule has 3 aromatic rings. The van der Waals surface area contributed by atoms with E-state index in [9.17, 15) is 4.79 Å². The van der Waals surface area contributed by atoms with E-state index in [1.807, 2.05) is 18.2 Å². The lowest BCUT2D eigenvalue weighted by molar-refractivity contribution is 0.103. The van der Waals surface area contributed by atoms with Gasteiger partial charge in [-0.05, 0) is 75.7 Å². The molecule has 38 heavy (non-hydrogen) atoms. The van der Waals surface area contributed by atoms with E-state index < -0.39 is 0 Å². The second-order valence-electron chi connectivity index (χ2n) is 10.1. The van der Waals surface area contributed by atoms with Gasteiger partial charge in [-0.3, -0.25) is 9.78 Å². The molecular weight excluding hydrogens is 478 g/mol. The maximum atomic E-state index is 13.4. The number of ketones is 1. The van der Waals surface area contributed by atoms with Crippen molar-refractivity contribution in [3.05, 3.63) is 95.7 Å². The number of pyridine rings is 1. The molecule has 2 aromatic heterocycles. The number of hydrogen-bond acceptors (Lipinski definition) is 7. The van der Waals surface area contributed by atoms with Crippen molar-refractivity contribution in [2.24, 2.45) is 0 Å². The molecule has 1 aliphatic carbocycles. The molecule has 0 bridgehead atoms. The molecule has 1 fully saturated rings. The topological polar surface area (TPSA) is 83.6 Å². The van der Waals surface area contributed by atoms with E-state index in [1.54, 1.807) is 24.6 Å². The molecule has 1 aromatic carbocycles. The van der Waals surface area contributed by atoms with Crippen LogP contribution < -0.4 is 4.90 Å². The zero-order valence-electron chi connectivity index (χ0n) is 21.7. The molecule has 3 aliphatic rings. The van der Waals surface area contributed by atoms with Crippen LogP contribution in [0.3, 0.4) is 0 Å². The summed E-state index contributed by atoms with van der Waals surface area (Å²) in [5, 5.41) is 0. The Hall–Kier alpha value is -4.17. The van der Waals surface area contributed by atoms with Crippen molar-refractivity contribution in [1.82, 2.24) is 19.9 Å². The van der Waals surface area contributed by atoms with Crippen molar-refractivity contribution >= 4 is 28.3 Å². The Morgan fingerprint density at radius 2 is 1.95 bits per heavy atom. The number of fused-ring (bicyclic) bond motifs is 1. The first-order valence-electron chi connectivity index (χ1n) is 13.1. The minimum atomic E-state index is -0.202. The number of anilines is 1. The van der Waals surface area contributed by atoms with Crippen molar-refractivity contribution < 1.29 is 14.3 Å². The molecule has 0 radical (unpaired) electrons. The normalized spacial score (nSPS) is 18.1. The summed E-state index contributed by atoms with van der Waals surface area (Å²) in [6.07, 6.45) is 15.0. The maximum Gasteiger partial charge on any atom is 0.228 e. The van der Waals surface area contributed by atoms with Gasteiger partial charge < -0.3 is 24.3 Å². The summed E-state index contributed by atoms with van der Waals surface area (Å²) in [7, 11) is 4.30.